The molecule has 1 aliphatic rings. The molecule has 0 aliphatic heterocycles. The Morgan fingerprint density at radius 2 is 2.00 bits per heavy atom. The molecular weight excluding hydrogens is 276 g/mol. The normalized spacial score (nSPS) is 17.3. The SMILES string of the molecule is CB(C)[C@@H](CC(=O)[C@H](Cc1ccccc1)NP)CC1CC1. The summed E-state index contributed by atoms with van der Waals surface area (Å²) in [5.41, 5.74) is 1.22. The van der Waals surface area contributed by atoms with E-state index in [0.717, 1.165) is 12.3 Å². The van der Waals surface area contributed by atoms with Crippen LogP contribution in [0, 0.1) is 5.92 Å². The Bertz CT molecular complexity index is 447. The number of ketones is 1. The Morgan fingerprint density at radius 3 is 2.52 bits per heavy atom. The van der Waals surface area contributed by atoms with Crippen molar-refractivity contribution in [2.24, 2.45) is 5.92 Å². The van der Waals surface area contributed by atoms with E-state index >= 15 is 0 Å². The molecular formula is C17H27BNOP. The maximum absolute atomic E-state index is 12.6. The van der Waals surface area contributed by atoms with Crippen molar-refractivity contribution in [3.63, 3.8) is 0 Å². The first-order valence-corrected chi connectivity index (χ1v) is 8.70. The van der Waals surface area contributed by atoms with Crippen LogP contribution in [0.2, 0.25) is 19.5 Å². The van der Waals surface area contributed by atoms with Gasteiger partial charge < -0.3 is 0 Å². The van der Waals surface area contributed by atoms with Crippen LogP contribution in [-0.2, 0) is 11.2 Å². The van der Waals surface area contributed by atoms with Crippen molar-refractivity contribution in [3.05, 3.63) is 35.9 Å². The highest BCUT2D eigenvalue weighted by Crippen LogP contribution is 2.39. The summed E-state index contributed by atoms with van der Waals surface area (Å²) in [5, 5.41) is 3.13. The Morgan fingerprint density at radius 1 is 1.33 bits per heavy atom. The van der Waals surface area contributed by atoms with E-state index in [4.69, 9.17) is 0 Å². The van der Waals surface area contributed by atoms with Gasteiger partial charge in [0.2, 0.25) is 0 Å². The van der Waals surface area contributed by atoms with E-state index < -0.39 is 0 Å². The molecule has 4 heteroatoms. The fourth-order valence-corrected chi connectivity index (χ4v) is 3.19. The summed E-state index contributed by atoms with van der Waals surface area (Å²) in [5.74, 6) is 1.79. The fraction of sp³-hybridized carbons (Fsp3) is 0.588. The van der Waals surface area contributed by atoms with Gasteiger partial charge in [-0.1, -0.05) is 78.4 Å². The largest absolute Gasteiger partial charge is 0.298 e. The Labute approximate surface area is 131 Å². The number of nitrogens with one attached hydrogen (secondary N) is 1. The number of benzene rings is 1. The maximum atomic E-state index is 12.6. The smallest absolute Gasteiger partial charge is 0.149 e. The molecule has 0 radical (unpaired) electrons. The molecule has 1 unspecified atom stereocenters. The lowest BCUT2D eigenvalue weighted by Gasteiger charge is -2.22. The number of hydrogen-bond acceptors (Lipinski definition) is 2. The zero-order chi connectivity index (χ0) is 15.2. The van der Waals surface area contributed by atoms with Crippen molar-refractivity contribution in [1.82, 2.24) is 5.09 Å². The number of hydrogen-bond donors (Lipinski definition) is 1. The summed E-state index contributed by atoms with van der Waals surface area (Å²) < 4.78 is 0. The molecule has 2 nitrogen and oxygen atoms in total. The van der Waals surface area contributed by atoms with Gasteiger partial charge in [0.15, 0.2) is 0 Å². The minimum absolute atomic E-state index is 0.0853. The summed E-state index contributed by atoms with van der Waals surface area (Å²) in [4.78, 5) is 12.6. The van der Waals surface area contributed by atoms with Crippen molar-refractivity contribution < 1.29 is 4.79 Å². The van der Waals surface area contributed by atoms with Crippen LogP contribution in [0.25, 0.3) is 0 Å². The second kappa shape index (κ2) is 8.10. The summed E-state index contributed by atoms with van der Waals surface area (Å²) in [6.07, 6.45) is 5.46. The maximum Gasteiger partial charge on any atom is 0.149 e. The molecule has 0 aromatic heterocycles. The molecule has 2 rings (SSSR count). The number of Topliss-reactive ketones (excluding diaryl/α,β-unsaturated/α-hetero) is 1. The summed E-state index contributed by atoms with van der Waals surface area (Å²) in [6.45, 7) is 5.10. The molecule has 114 valence electrons. The Kier molecular flexibility index (Phi) is 6.45. The lowest BCUT2D eigenvalue weighted by atomic mass is 9.43. The van der Waals surface area contributed by atoms with Gasteiger partial charge >= 0.3 is 0 Å². The Balaban J connectivity index is 1.91. The topological polar surface area (TPSA) is 29.1 Å². The van der Waals surface area contributed by atoms with Gasteiger partial charge in [-0.15, -0.1) is 0 Å². The highest BCUT2D eigenvalue weighted by atomic mass is 31.0. The average Bonchev–Trinajstić information content (AvgIpc) is 3.29. The van der Waals surface area contributed by atoms with Crippen molar-refractivity contribution >= 4 is 21.9 Å². The molecule has 21 heavy (non-hydrogen) atoms. The molecule has 1 aromatic carbocycles. The van der Waals surface area contributed by atoms with Gasteiger partial charge in [-0.3, -0.25) is 9.88 Å². The predicted molar refractivity (Wildman–Crippen MR) is 95.0 cm³/mol. The van der Waals surface area contributed by atoms with E-state index in [1.165, 1.54) is 24.8 Å². The molecule has 0 bridgehead atoms. The van der Waals surface area contributed by atoms with Crippen LogP contribution >= 0.6 is 9.39 Å². The van der Waals surface area contributed by atoms with E-state index in [9.17, 15) is 4.79 Å². The summed E-state index contributed by atoms with van der Waals surface area (Å²) >= 11 is 0. The second-order valence-electron chi connectivity index (χ2n) is 6.76. The Hall–Kier alpha value is -0.655. The monoisotopic (exact) mass is 303 g/mol. The van der Waals surface area contributed by atoms with Crippen LogP contribution < -0.4 is 5.09 Å². The minimum Gasteiger partial charge on any atom is -0.298 e. The van der Waals surface area contributed by atoms with E-state index in [-0.39, 0.29) is 6.04 Å². The van der Waals surface area contributed by atoms with Crippen LogP contribution in [0.4, 0.5) is 0 Å². The van der Waals surface area contributed by atoms with E-state index in [1.54, 1.807) is 0 Å². The van der Waals surface area contributed by atoms with Crippen LogP contribution in [-0.4, -0.2) is 18.5 Å². The first-order valence-electron chi connectivity index (χ1n) is 8.13. The molecule has 1 fully saturated rings. The number of carbonyl (C=O) groups excluding carboxylic acids is 1. The van der Waals surface area contributed by atoms with E-state index in [0.29, 0.717) is 24.7 Å². The third-order valence-corrected chi connectivity index (χ3v) is 5.01. The van der Waals surface area contributed by atoms with Crippen molar-refractivity contribution in [1.29, 1.82) is 0 Å². The first-order chi connectivity index (χ1) is 10.1. The van der Waals surface area contributed by atoms with Gasteiger partial charge in [-0.25, -0.2) is 0 Å². The standard InChI is InChI=1S/C17H27BNOP/c1-18(2)15(10-14-8-9-14)12-17(20)16(19-21)11-13-6-4-3-5-7-13/h3-7,14-16,19H,8-12,21H2,1-2H3/t15-,16+/m1/s1. The second-order valence-corrected chi connectivity index (χ2v) is 7.10. The molecule has 1 saturated carbocycles. The van der Waals surface area contributed by atoms with Gasteiger partial charge in [-0.2, -0.15) is 0 Å². The minimum atomic E-state index is -0.0853. The molecule has 1 aromatic rings. The first kappa shape index (κ1) is 16.7. The van der Waals surface area contributed by atoms with Gasteiger partial charge in [0.25, 0.3) is 0 Å². The number of carbonyl (C=O) groups is 1. The van der Waals surface area contributed by atoms with Crippen molar-refractivity contribution in [2.45, 2.75) is 57.6 Å². The van der Waals surface area contributed by atoms with E-state index in [2.05, 4.69) is 40.3 Å². The van der Waals surface area contributed by atoms with Crippen LogP contribution in [0.15, 0.2) is 30.3 Å². The van der Waals surface area contributed by atoms with Crippen molar-refractivity contribution in [2.75, 3.05) is 0 Å². The molecule has 1 N–H and O–H groups in total. The lowest BCUT2D eigenvalue weighted by molar-refractivity contribution is -0.120. The van der Waals surface area contributed by atoms with Crippen LogP contribution in [0.3, 0.4) is 0 Å². The summed E-state index contributed by atoms with van der Waals surface area (Å²) in [7, 11) is 2.52. The molecule has 0 amide bonds. The summed E-state index contributed by atoms with van der Waals surface area (Å²) in [6, 6.07) is 10.2. The van der Waals surface area contributed by atoms with Gasteiger partial charge in [0.1, 0.15) is 12.5 Å². The highest BCUT2D eigenvalue weighted by molar-refractivity contribution is 7.13. The fourth-order valence-electron chi connectivity index (χ4n) is 2.89. The van der Waals surface area contributed by atoms with E-state index in [1.807, 2.05) is 18.2 Å². The van der Waals surface area contributed by atoms with Crippen LogP contribution in [0.5, 0.6) is 0 Å². The third kappa shape index (κ3) is 5.56. The molecule has 0 saturated heterocycles. The van der Waals surface area contributed by atoms with Gasteiger partial charge in [0.05, 0.1) is 6.04 Å². The molecule has 0 spiro atoms. The zero-order valence-electron chi connectivity index (χ0n) is 13.2. The third-order valence-electron chi connectivity index (χ3n) is 4.61. The predicted octanol–water partition coefficient (Wildman–Crippen LogP) is 3.86. The van der Waals surface area contributed by atoms with Crippen LogP contribution in [0.1, 0.15) is 31.2 Å². The van der Waals surface area contributed by atoms with Gasteiger partial charge in [-0.05, 0) is 17.9 Å². The highest BCUT2D eigenvalue weighted by Gasteiger charge is 2.30. The molecule has 1 aliphatic carbocycles. The average molecular weight is 303 g/mol. The quantitative estimate of drug-likeness (QED) is 0.554. The van der Waals surface area contributed by atoms with Gasteiger partial charge in [0, 0.05) is 6.42 Å². The molecule has 0 heterocycles. The lowest BCUT2D eigenvalue weighted by Crippen LogP contribution is -2.34. The number of rotatable bonds is 9. The van der Waals surface area contributed by atoms with Crippen molar-refractivity contribution in [3.8, 4) is 0 Å². The zero-order valence-corrected chi connectivity index (χ0v) is 14.4. The molecule has 3 atom stereocenters.